The molecular weight excluding hydrogens is 356 g/mol. The minimum absolute atomic E-state index is 0.102. The minimum Gasteiger partial charge on any atom is -0.325 e. The van der Waals surface area contributed by atoms with Crippen molar-refractivity contribution in [1.82, 2.24) is 4.98 Å². The molecule has 0 spiro atoms. The highest BCUT2D eigenvalue weighted by molar-refractivity contribution is 5.97. The lowest BCUT2D eigenvalue weighted by Gasteiger charge is -2.28. The first-order valence-electron chi connectivity index (χ1n) is 11.0. The third-order valence-corrected chi connectivity index (χ3v) is 6.79. The molecule has 1 aromatic heterocycles. The van der Waals surface area contributed by atoms with Crippen LogP contribution in [-0.4, -0.2) is 10.8 Å². The summed E-state index contributed by atoms with van der Waals surface area (Å²) in [6.45, 7) is 0.389. The number of carbonyl (C=O) groups is 1. The number of ketones is 1. The summed E-state index contributed by atoms with van der Waals surface area (Å²) >= 11 is 0. The van der Waals surface area contributed by atoms with Gasteiger partial charge in [-0.25, -0.2) is 4.98 Å². The zero-order chi connectivity index (χ0) is 19.8. The lowest BCUT2D eigenvalue weighted by Crippen LogP contribution is -2.23. The Bertz CT molecular complexity index is 1050. The number of hydrogen-bond donors (Lipinski definition) is 1. The summed E-state index contributed by atoms with van der Waals surface area (Å²) in [5.74, 6) is 1.43. The van der Waals surface area contributed by atoms with E-state index in [1.54, 1.807) is 0 Å². The van der Waals surface area contributed by atoms with Crippen molar-refractivity contribution >= 4 is 16.6 Å². The van der Waals surface area contributed by atoms with Crippen LogP contribution in [0, 0.1) is 5.92 Å². The van der Waals surface area contributed by atoms with Crippen LogP contribution in [0.3, 0.4) is 0 Å². The molecule has 0 radical (unpaired) electrons. The van der Waals surface area contributed by atoms with Crippen LogP contribution in [0.2, 0.25) is 0 Å². The fourth-order valence-corrected chi connectivity index (χ4v) is 4.89. The quantitative estimate of drug-likeness (QED) is 0.572. The predicted octanol–water partition coefficient (Wildman–Crippen LogP) is 5.73. The van der Waals surface area contributed by atoms with Crippen molar-refractivity contribution in [2.45, 2.75) is 56.9 Å². The van der Waals surface area contributed by atoms with E-state index in [1.165, 1.54) is 29.2 Å². The van der Waals surface area contributed by atoms with Crippen molar-refractivity contribution in [3.05, 3.63) is 77.1 Å². The van der Waals surface area contributed by atoms with Crippen molar-refractivity contribution in [3.8, 4) is 0 Å². The lowest BCUT2D eigenvalue weighted by atomic mass is 9.76. The molecule has 0 amide bonds. The van der Waals surface area contributed by atoms with E-state index in [0.717, 1.165) is 36.9 Å². The maximum absolute atomic E-state index is 13.3. The number of benzene rings is 2. The van der Waals surface area contributed by atoms with Crippen LogP contribution in [0.25, 0.3) is 10.8 Å². The third kappa shape index (κ3) is 3.72. The molecule has 29 heavy (non-hydrogen) atoms. The molecule has 2 aromatic carbocycles. The maximum Gasteiger partial charge on any atom is 0.184 e. The molecule has 0 unspecified atom stereocenters. The number of rotatable bonds is 5. The Labute approximate surface area is 172 Å². The number of pyridine rings is 1. The highest BCUT2D eigenvalue weighted by Gasteiger charge is 2.33. The maximum atomic E-state index is 13.3. The molecule has 3 aromatic rings. The molecule has 0 aliphatic heterocycles. The average Bonchev–Trinajstić information content (AvgIpc) is 3.63. The van der Waals surface area contributed by atoms with E-state index in [4.69, 9.17) is 5.73 Å². The summed E-state index contributed by atoms with van der Waals surface area (Å²) in [4.78, 5) is 18.0. The molecule has 148 valence electrons. The van der Waals surface area contributed by atoms with E-state index in [0.29, 0.717) is 24.1 Å². The van der Waals surface area contributed by atoms with Gasteiger partial charge in [0.2, 0.25) is 0 Å². The van der Waals surface area contributed by atoms with Crippen LogP contribution in [0.1, 0.15) is 77.7 Å². The lowest BCUT2D eigenvalue weighted by molar-refractivity contribution is 0.0877. The number of hydrogen-bond acceptors (Lipinski definition) is 3. The van der Waals surface area contributed by atoms with E-state index < -0.39 is 0 Å². The predicted molar refractivity (Wildman–Crippen MR) is 117 cm³/mol. The van der Waals surface area contributed by atoms with Gasteiger partial charge in [-0.1, -0.05) is 48.5 Å². The van der Waals surface area contributed by atoms with Crippen LogP contribution in [0.15, 0.2) is 54.6 Å². The van der Waals surface area contributed by atoms with Crippen LogP contribution in [0.4, 0.5) is 0 Å². The van der Waals surface area contributed by atoms with Gasteiger partial charge in [0.25, 0.3) is 0 Å². The van der Waals surface area contributed by atoms with Crippen LogP contribution >= 0.6 is 0 Å². The zero-order valence-corrected chi connectivity index (χ0v) is 16.8. The second kappa shape index (κ2) is 7.72. The monoisotopic (exact) mass is 384 g/mol. The average molecular weight is 385 g/mol. The molecule has 2 fully saturated rings. The summed E-state index contributed by atoms with van der Waals surface area (Å²) in [7, 11) is 0. The summed E-state index contributed by atoms with van der Waals surface area (Å²) in [6, 6.07) is 19.4. The molecule has 2 saturated carbocycles. The SMILES string of the molecule is NCc1ccc(C2CC2)c(C(=O)C2CCC(c3ccc4ccccc4c3)CC2)n1. The smallest absolute Gasteiger partial charge is 0.184 e. The van der Waals surface area contributed by atoms with Gasteiger partial charge in [-0.15, -0.1) is 0 Å². The Kier molecular flexibility index (Phi) is 4.92. The van der Waals surface area contributed by atoms with Crippen molar-refractivity contribution in [2.75, 3.05) is 0 Å². The largest absolute Gasteiger partial charge is 0.325 e. The molecular formula is C26H28N2O. The van der Waals surface area contributed by atoms with Gasteiger partial charge in [-0.3, -0.25) is 4.79 Å². The summed E-state index contributed by atoms with van der Waals surface area (Å²) in [6.07, 6.45) is 6.41. The van der Waals surface area contributed by atoms with E-state index >= 15 is 0 Å². The Balaban J connectivity index is 1.32. The summed E-state index contributed by atoms with van der Waals surface area (Å²) in [5, 5.41) is 2.60. The fraction of sp³-hybridized carbons (Fsp3) is 0.385. The van der Waals surface area contributed by atoms with Crippen molar-refractivity contribution in [1.29, 1.82) is 0 Å². The second-order valence-electron chi connectivity index (χ2n) is 8.74. The number of aromatic nitrogens is 1. The van der Waals surface area contributed by atoms with Crippen molar-refractivity contribution in [2.24, 2.45) is 11.7 Å². The van der Waals surface area contributed by atoms with Gasteiger partial charge in [0, 0.05) is 12.5 Å². The topological polar surface area (TPSA) is 56.0 Å². The molecule has 3 heteroatoms. The van der Waals surface area contributed by atoms with Gasteiger partial charge in [-0.2, -0.15) is 0 Å². The van der Waals surface area contributed by atoms with Gasteiger partial charge in [0.15, 0.2) is 5.78 Å². The minimum atomic E-state index is 0.102. The van der Waals surface area contributed by atoms with E-state index in [2.05, 4.69) is 53.5 Å². The van der Waals surface area contributed by atoms with Crippen LogP contribution in [0.5, 0.6) is 0 Å². The molecule has 5 rings (SSSR count). The normalized spacial score (nSPS) is 22.0. The molecule has 2 aliphatic rings. The Hall–Kier alpha value is -2.52. The number of fused-ring (bicyclic) bond motifs is 1. The van der Waals surface area contributed by atoms with Gasteiger partial charge < -0.3 is 5.73 Å². The third-order valence-electron chi connectivity index (χ3n) is 6.79. The van der Waals surface area contributed by atoms with Gasteiger partial charge in [-0.05, 0) is 78.3 Å². The van der Waals surface area contributed by atoms with Gasteiger partial charge in [0.1, 0.15) is 5.69 Å². The van der Waals surface area contributed by atoms with Gasteiger partial charge in [0.05, 0.1) is 5.69 Å². The van der Waals surface area contributed by atoms with E-state index in [1.807, 2.05) is 6.07 Å². The number of nitrogens with two attached hydrogens (primary N) is 1. The Morgan fingerprint density at radius 3 is 2.31 bits per heavy atom. The van der Waals surface area contributed by atoms with Crippen LogP contribution < -0.4 is 5.73 Å². The van der Waals surface area contributed by atoms with Crippen molar-refractivity contribution in [3.63, 3.8) is 0 Å². The summed E-state index contributed by atoms with van der Waals surface area (Å²) in [5.41, 5.74) is 9.89. The standard InChI is InChI=1S/C26H28N2O/c27-16-23-13-14-24(19-8-9-19)25(28-23)26(29)20-10-5-18(6-11-20)22-12-7-17-3-1-2-4-21(17)15-22/h1-4,7,12-15,18-20H,5-6,8-11,16,27H2. The van der Waals surface area contributed by atoms with E-state index in [9.17, 15) is 4.79 Å². The first kappa shape index (κ1) is 18.5. The molecule has 2 N–H and O–H groups in total. The Morgan fingerprint density at radius 2 is 1.59 bits per heavy atom. The first-order chi connectivity index (χ1) is 14.2. The summed E-state index contributed by atoms with van der Waals surface area (Å²) < 4.78 is 0. The molecule has 2 aliphatic carbocycles. The second-order valence-corrected chi connectivity index (χ2v) is 8.74. The molecule has 3 nitrogen and oxygen atoms in total. The molecule has 0 saturated heterocycles. The fourth-order valence-electron chi connectivity index (χ4n) is 4.89. The number of carbonyl (C=O) groups excluding carboxylic acids is 1. The molecule has 0 bridgehead atoms. The van der Waals surface area contributed by atoms with E-state index in [-0.39, 0.29) is 11.7 Å². The molecule has 1 heterocycles. The van der Waals surface area contributed by atoms with Crippen LogP contribution in [-0.2, 0) is 6.54 Å². The zero-order valence-electron chi connectivity index (χ0n) is 16.8. The first-order valence-corrected chi connectivity index (χ1v) is 11.0. The number of Topliss-reactive ketones (excluding diaryl/α,β-unsaturated/α-hetero) is 1. The van der Waals surface area contributed by atoms with Gasteiger partial charge >= 0.3 is 0 Å². The molecule has 0 atom stereocenters. The highest BCUT2D eigenvalue weighted by Crippen LogP contribution is 2.43. The number of nitrogens with zero attached hydrogens (tertiary/aromatic N) is 1. The highest BCUT2D eigenvalue weighted by atomic mass is 16.1. The van der Waals surface area contributed by atoms with Crippen molar-refractivity contribution < 1.29 is 4.79 Å². The Morgan fingerprint density at radius 1 is 0.862 bits per heavy atom.